The second kappa shape index (κ2) is 8.35. The van der Waals surface area contributed by atoms with Gasteiger partial charge in [0, 0.05) is 5.33 Å². The lowest BCUT2D eigenvalue weighted by Crippen LogP contribution is -1.96. The lowest BCUT2D eigenvalue weighted by atomic mass is 10.1. The Bertz CT molecular complexity index is 340. The molecule has 0 unspecified atom stereocenters. The molecule has 0 atom stereocenters. The number of hydrogen-bond donors (Lipinski definition) is 0. The van der Waals surface area contributed by atoms with Crippen molar-refractivity contribution in [3.8, 4) is 5.75 Å². The van der Waals surface area contributed by atoms with Crippen molar-refractivity contribution in [2.45, 2.75) is 33.1 Å². The Morgan fingerprint density at radius 1 is 1.24 bits per heavy atom. The van der Waals surface area contributed by atoms with Gasteiger partial charge in [-0.05, 0) is 31.0 Å². The molecule has 1 aromatic rings. The van der Waals surface area contributed by atoms with Crippen LogP contribution in [0.1, 0.15) is 38.7 Å². The highest BCUT2D eigenvalue weighted by Gasteiger charge is 1.94. The van der Waals surface area contributed by atoms with Crippen molar-refractivity contribution < 1.29 is 4.74 Å². The van der Waals surface area contributed by atoms with Crippen LogP contribution in [0.2, 0.25) is 0 Å². The third-order valence-electron chi connectivity index (χ3n) is 2.52. The summed E-state index contributed by atoms with van der Waals surface area (Å²) in [5.41, 5.74) is 2.55. The summed E-state index contributed by atoms with van der Waals surface area (Å²) in [7, 11) is 0. The average Bonchev–Trinajstić information content (AvgIpc) is 2.36. The lowest BCUT2D eigenvalue weighted by molar-refractivity contribution is 0.306. The van der Waals surface area contributed by atoms with Crippen LogP contribution in [0.5, 0.6) is 5.75 Å². The van der Waals surface area contributed by atoms with Gasteiger partial charge in [0.15, 0.2) is 0 Å². The van der Waals surface area contributed by atoms with Gasteiger partial charge in [-0.25, -0.2) is 0 Å². The van der Waals surface area contributed by atoms with Gasteiger partial charge in [0.2, 0.25) is 0 Å². The van der Waals surface area contributed by atoms with E-state index in [1.807, 2.05) is 12.1 Å². The van der Waals surface area contributed by atoms with Crippen molar-refractivity contribution >= 4 is 22.0 Å². The van der Waals surface area contributed by atoms with Crippen molar-refractivity contribution in [1.29, 1.82) is 0 Å². The number of alkyl halides is 1. The molecule has 2 heteroatoms. The molecule has 0 saturated heterocycles. The third kappa shape index (κ3) is 5.92. The van der Waals surface area contributed by atoms with Gasteiger partial charge in [-0.2, -0.15) is 0 Å². The molecule has 17 heavy (non-hydrogen) atoms. The van der Waals surface area contributed by atoms with Gasteiger partial charge in [-0.3, -0.25) is 0 Å². The molecule has 0 spiro atoms. The Kier molecular flexibility index (Phi) is 7.02. The normalized spacial score (nSPS) is 11.6. The summed E-state index contributed by atoms with van der Waals surface area (Å²) in [6.07, 6.45) is 5.79. The molecule has 94 valence electrons. The zero-order valence-corrected chi connectivity index (χ0v) is 12.3. The first-order chi connectivity index (χ1) is 8.26. The van der Waals surface area contributed by atoms with Crippen molar-refractivity contribution in [3.63, 3.8) is 0 Å². The minimum absolute atomic E-state index is 0.823. The summed E-state index contributed by atoms with van der Waals surface area (Å²) >= 11 is 3.44. The molecule has 0 N–H and O–H groups in total. The highest BCUT2D eigenvalue weighted by Crippen LogP contribution is 2.15. The largest absolute Gasteiger partial charge is 0.494 e. The van der Waals surface area contributed by atoms with Crippen LogP contribution in [0.3, 0.4) is 0 Å². The zero-order valence-electron chi connectivity index (χ0n) is 10.7. The highest BCUT2D eigenvalue weighted by molar-refractivity contribution is 9.09. The molecule has 0 amide bonds. The van der Waals surface area contributed by atoms with Crippen LogP contribution in [-0.2, 0) is 0 Å². The summed E-state index contributed by atoms with van der Waals surface area (Å²) in [6, 6.07) is 8.28. The predicted octanol–water partition coefficient (Wildman–Crippen LogP) is 5.05. The van der Waals surface area contributed by atoms with E-state index >= 15 is 0 Å². The first-order valence-electron chi connectivity index (χ1n) is 6.22. The number of ether oxygens (including phenoxy) is 1. The molecular formula is C15H21BrO. The fourth-order valence-electron chi connectivity index (χ4n) is 1.53. The molecular weight excluding hydrogens is 276 g/mol. The molecule has 0 aromatic heterocycles. The van der Waals surface area contributed by atoms with Crippen molar-refractivity contribution in [3.05, 3.63) is 35.4 Å². The summed E-state index contributed by atoms with van der Waals surface area (Å²) in [6.45, 7) is 5.14. The maximum absolute atomic E-state index is 5.66. The van der Waals surface area contributed by atoms with Crippen molar-refractivity contribution in [1.82, 2.24) is 0 Å². The van der Waals surface area contributed by atoms with Crippen LogP contribution < -0.4 is 4.74 Å². The molecule has 0 fully saturated rings. The number of rotatable bonds is 7. The maximum atomic E-state index is 5.66. The minimum atomic E-state index is 0.823. The monoisotopic (exact) mass is 296 g/mol. The van der Waals surface area contributed by atoms with Gasteiger partial charge in [0.1, 0.15) is 5.75 Å². The van der Waals surface area contributed by atoms with E-state index in [1.165, 1.54) is 24.0 Å². The first-order valence-corrected chi connectivity index (χ1v) is 7.34. The summed E-state index contributed by atoms with van der Waals surface area (Å²) < 4.78 is 5.66. The topological polar surface area (TPSA) is 9.23 Å². The molecule has 1 aromatic carbocycles. The van der Waals surface area contributed by atoms with E-state index in [4.69, 9.17) is 4.74 Å². The van der Waals surface area contributed by atoms with Crippen LogP contribution in [0, 0.1) is 0 Å². The van der Waals surface area contributed by atoms with Crippen LogP contribution in [0.15, 0.2) is 29.8 Å². The smallest absolute Gasteiger partial charge is 0.119 e. The Morgan fingerprint density at radius 2 is 1.94 bits per heavy atom. The van der Waals surface area contributed by atoms with Gasteiger partial charge in [0.05, 0.1) is 6.61 Å². The number of benzene rings is 1. The number of allylic oxidation sites excluding steroid dienone is 1. The van der Waals surface area contributed by atoms with Crippen LogP contribution in [0.4, 0.5) is 0 Å². The second-order valence-electron chi connectivity index (χ2n) is 4.25. The van der Waals surface area contributed by atoms with E-state index < -0.39 is 0 Å². The van der Waals surface area contributed by atoms with Gasteiger partial charge < -0.3 is 4.74 Å². The number of unbranched alkanes of at least 4 members (excludes halogenated alkanes) is 2. The first kappa shape index (κ1) is 14.3. The van der Waals surface area contributed by atoms with Gasteiger partial charge in [-0.15, -0.1) is 0 Å². The Hall–Kier alpha value is -0.760. The molecule has 0 radical (unpaired) electrons. The summed E-state index contributed by atoms with van der Waals surface area (Å²) in [5, 5.41) is 0.919. The SMILES string of the molecule is CCCCCOc1ccc(C=C(C)CBr)cc1. The van der Waals surface area contributed by atoms with Gasteiger partial charge >= 0.3 is 0 Å². The van der Waals surface area contributed by atoms with Crippen LogP contribution in [0.25, 0.3) is 6.08 Å². The zero-order chi connectivity index (χ0) is 12.5. The molecule has 1 rings (SSSR count). The summed E-state index contributed by atoms with van der Waals surface area (Å²) in [4.78, 5) is 0. The Morgan fingerprint density at radius 3 is 2.53 bits per heavy atom. The van der Waals surface area contributed by atoms with E-state index in [9.17, 15) is 0 Å². The van der Waals surface area contributed by atoms with E-state index in [0.29, 0.717) is 0 Å². The number of halogens is 1. The standard InChI is InChI=1S/C15H21BrO/c1-3-4-5-10-17-15-8-6-14(7-9-15)11-13(2)12-16/h6-9,11H,3-5,10,12H2,1-2H3. The molecule has 1 nitrogen and oxygen atoms in total. The van der Waals surface area contributed by atoms with Crippen molar-refractivity contribution in [2.75, 3.05) is 11.9 Å². The third-order valence-corrected chi connectivity index (χ3v) is 3.41. The molecule has 0 heterocycles. The van der Waals surface area contributed by atoms with Crippen LogP contribution in [-0.4, -0.2) is 11.9 Å². The predicted molar refractivity (Wildman–Crippen MR) is 78.9 cm³/mol. The van der Waals surface area contributed by atoms with E-state index in [-0.39, 0.29) is 0 Å². The quantitative estimate of drug-likeness (QED) is 0.505. The lowest BCUT2D eigenvalue weighted by Gasteiger charge is -2.06. The van der Waals surface area contributed by atoms with Crippen molar-refractivity contribution in [2.24, 2.45) is 0 Å². The molecule has 0 bridgehead atoms. The molecule has 0 saturated carbocycles. The molecule has 0 aliphatic rings. The Labute approximate surface area is 113 Å². The van der Waals surface area contributed by atoms with E-state index in [1.54, 1.807) is 0 Å². The summed E-state index contributed by atoms with van der Waals surface area (Å²) in [5.74, 6) is 0.967. The molecule has 0 aliphatic carbocycles. The maximum Gasteiger partial charge on any atom is 0.119 e. The Balaban J connectivity index is 2.45. The fourth-order valence-corrected chi connectivity index (χ4v) is 1.69. The van der Waals surface area contributed by atoms with Crippen LogP contribution >= 0.6 is 15.9 Å². The fraction of sp³-hybridized carbons (Fsp3) is 0.467. The van der Waals surface area contributed by atoms with E-state index in [0.717, 1.165) is 24.1 Å². The second-order valence-corrected chi connectivity index (χ2v) is 4.81. The molecule has 0 aliphatic heterocycles. The van der Waals surface area contributed by atoms with Gasteiger partial charge in [-0.1, -0.05) is 59.5 Å². The van der Waals surface area contributed by atoms with E-state index in [2.05, 4.69) is 48.0 Å². The minimum Gasteiger partial charge on any atom is -0.494 e. The highest BCUT2D eigenvalue weighted by atomic mass is 79.9. The van der Waals surface area contributed by atoms with Gasteiger partial charge in [0.25, 0.3) is 0 Å². The average molecular weight is 297 g/mol. The number of hydrogen-bond acceptors (Lipinski definition) is 1.